The molecule has 1 N–H and O–H groups in total. The van der Waals surface area contributed by atoms with Crippen molar-refractivity contribution in [2.45, 2.75) is 44.9 Å². The normalized spacial score (nSPS) is 20.3. The molecule has 10 nitrogen and oxygen atoms in total. The molecular weight excluding hydrogens is 368 g/mol. The third kappa shape index (κ3) is 2.63. The van der Waals surface area contributed by atoms with Gasteiger partial charge >= 0.3 is 11.8 Å². The summed E-state index contributed by atoms with van der Waals surface area (Å²) in [5.41, 5.74) is -0.508. The molecule has 3 heterocycles. The maximum atomic E-state index is 12.9. The predicted octanol–water partition coefficient (Wildman–Crippen LogP) is 2.49. The van der Waals surface area contributed by atoms with Gasteiger partial charge in [-0.15, -0.1) is 0 Å². The van der Waals surface area contributed by atoms with Gasteiger partial charge in [-0.05, 0) is 39.3 Å². The lowest BCUT2D eigenvalue weighted by Crippen LogP contribution is -2.40. The van der Waals surface area contributed by atoms with Crippen molar-refractivity contribution in [1.82, 2.24) is 14.0 Å². The van der Waals surface area contributed by atoms with E-state index in [0.717, 1.165) is 4.57 Å². The number of nitro benzene ring substituents is 1. The van der Waals surface area contributed by atoms with Crippen LogP contribution in [0.5, 0.6) is 5.88 Å². The van der Waals surface area contributed by atoms with Crippen LogP contribution < -0.4 is 5.69 Å². The van der Waals surface area contributed by atoms with Gasteiger partial charge < -0.3 is 9.84 Å². The van der Waals surface area contributed by atoms with Gasteiger partial charge in [-0.25, -0.2) is 14.2 Å². The summed E-state index contributed by atoms with van der Waals surface area (Å²) in [5.74, 6) is -0.264. The molecule has 1 aromatic heterocycles. The van der Waals surface area contributed by atoms with Crippen molar-refractivity contribution in [3.63, 3.8) is 0 Å². The second-order valence-electron chi connectivity index (χ2n) is 8.01. The van der Waals surface area contributed by atoms with Crippen LogP contribution in [-0.2, 0) is 4.74 Å². The van der Waals surface area contributed by atoms with Crippen LogP contribution in [0.2, 0.25) is 0 Å². The number of ether oxygens (including phenoxy) is 1. The molecule has 2 aromatic rings. The lowest BCUT2D eigenvalue weighted by molar-refractivity contribution is -0.384. The number of aromatic nitrogens is 2. The Kier molecular flexibility index (Phi) is 3.78. The first-order valence-corrected chi connectivity index (χ1v) is 8.89. The first-order valence-electron chi connectivity index (χ1n) is 8.89. The number of amides is 1. The van der Waals surface area contributed by atoms with E-state index in [1.165, 1.54) is 33.7 Å². The van der Waals surface area contributed by atoms with Crippen LogP contribution in [0.25, 0.3) is 5.69 Å². The van der Waals surface area contributed by atoms with Crippen molar-refractivity contribution in [1.29, 1.82) is 0 Å². The highest BCUT2D eigenvalue weighted by Crippen LogP contribution is 2.48. The Hall–Kier alpha value is -3.30. The molecule has 1 amide bonds. The van der Waals surface area contributed by atoms with E-state index < -0.39 is 28.3 Å². The summed E-state index contributed by atoms with van der Waals surface area (Å²) in [6, 6.07) is 4.65. The van der Waals surface area contributed by atoms with Gasteiger partial charge in [0.1, 0.15) is 11.3 Å². The lowest BCUT2D eigenvalue weighted by Gasteiger charge is -2.30. The molecule has 0 aliphatic carbocycles. The number of hydrogen-bond acceptors (Lipinski definition) is 6. The summed E-state index contributed by atoms with van der Waals surface area (Å²) in [6.45, 7) is 5.66. The number of rotatable bonds is 2. The zero-order valence-corrected chi connectivity index (χ0v) is 15.7. The SMILES string of the molecule is CC(C)(C)OC(=O)N1C[C@H]2C[C@@H]1c1c(O)n(-c3ccc([N+](=O)[O-])cc3)c(=O)n12. The molecule has 2 aliphatic heterocycles. The van der Waals surface area contributed by atoms with E-state index in [1.807, 2.05) is 0 Å². The van der Waals surface area contributed by atoms with Gasteiger partial charge in [0.05, 0.1) is 22.7 Å². The minimum atomic E-state index is -0.648. The Labute approximate surface area is 159 Å². The highest BCUT2D eigenvalue weighted by atomic mass is 16.6. The van der Waals surface area contributed by atoms with Crippen LogP contribution in [-0.4, -0.2) is 42.3 Å². The summed E-state index contributed by atoms with van der Waals surface area (Å²) in [7, 11) is 0. The molecule has 148 valence electrons. The molecule has 10 heteroatoms. The number of carbonyl (C=O) groups is 1. The molecule has 0 radical (unpaired) electrons. The van der Waals surface area contributed by atoms with Crippen LogP contribution in [0, 0.1) is 10.1 Å². The van der Waals surface area contributed by atoms with E-state index in [2.05, 4.69) is 0 Å². The van der Waals surface area contributed by atoms with Crippen LogP contribution in [0.1, 0.15) is 45.0 Å². The second kappa shape index (κ2) is 5.85. The predicted molar refractivity (Wildman–Crippen MR) is 97.7 cm³/mol. The minimum Gasteiger partial charge on any atom is -0.493 e. The zero-order valence-electron chi connectivity index (χ0n) is 15.7. The maximum Gasteiger partial charge on any atom is 0.410 e. The standard InChI is InChI=1S/C18H20N4O6/c1-18(2,3)28-17(25)19-9-12-8-13(19)14-15(23)21(16(24)20(12)14)10-4-6-11(7-5-10)22(26)27/h4-7,12-13,23H,8-9H2,1-3H3/t12-,13-/m1/s1. The third-order valence-electron chi connectivity index (χ3n) is 5.00. The van der Waals surface area contributed by atoms with Crippen LogP contribution in [0.3, 0.4) is 0 Å². The molecule has 28 heavy (non-hydrogen) atoms. The molecule has 1 fully saturated rings. The average Bonchev–Trinajstić information content (AvgIpc) is 3.25. The first kappa shape index (κ1) is 18.1. The van der Waals surface area contributed by atoms with E-state index >= 15 is 0 Å². The third-order valence-corrected chi connectivity index (χ3v) is 5.00. The van der Waals surface area contributed by atoms with Crippen LogP contribution in [0.4, 0.5) is 10.5 Å². The smallest absolute Gasteiger partial charge is 0.410 e. The van der Waals surface area contributed by atoms with E-state index in [1.54, 1.807) is 20.8 Å². The van der Waals surface area contributed by atoms with E-state index in [4.69, 9.17) is 4.74 Å². The van der Waals surface area contributed by atoms with Gasteiger partial charge in [-0.1, -0.05) is 0 Å². The highest BCUT2D eigenvalue weighted by Gasteiger charge is 2.50. The van der Waals surface area contributed by atoms with Gasteiger partial charge in [0.25, 0.3) is 5.69 Å². The van der Waals surface area contributed by atoms with Crippen molar-refractivity contribution in [2.24, 2.45) is 0 Å². The fourth-order valence-corrected chi connectivity index (χ4v) is 3.92. The van der Waals surface area contributed by atoms with E-state index in [-0.39, 0.29) is 17.6 Å². The molecule has 2 bridgehead atoms. The highest BCUT2D eigenvalue weighted by molar-refractivity contribution is 5.70. The van der Waals surface area contributed by atoms with Gasteiger partial charge in [-0.2, -0.15) is 0 Å². The van der Waals surface area contributed by atoms with Gasteiger partial charge in [0.15, 0.2) is 0 Å². The second-order valence-corrected chi connectivity index (χ2v) is 8.01. The molecule has 1 aromatic carbocycles. The Bertz CT molecular complexity index is 1030. The Morgan fingerprint density at radius 2 is 1.93 bits per heavy atom. The summed E-state index contributed by atoms with van der Waals surface area (Å²) >= 11 is 0. The number of fused-ring (bicyclic) bond motifs is 5. The molecule has 0 saturated carbocycles. The fourth-order valence-electron chi connectivity index (χ4n) is 3.92. The van der Waals surface area contributed by atoms with Gasteiger partial charge in [0, 0.05) is 18.7 Å². The zero-order chi connectivity index (χ0) is 20.4. The number of aromatic hydroxyl groups is 1. The number of carbonyl (C=O) groups excluding carboxylic acids is 1. The van der Waals surface area contributed by atoms with E-state index in [0.29, 0.717) is 24.3 Å². The molecule has 2 atom stereocenters. The van der Waals surface area contributed by atoms with Crippen molar-refractivity contribution >= 4 is 11.8 Å². The van der Waals surface area contributed by atoms with Crippen molar-refractivity contribution in [3.8, 4) is 11.6 Å². The fraction of sp³-hybridized carbons (Fsp3) is 0.444. The number of hydrogen-bond donors (Lipinski definition) is 1. The molecule has 0 spiro atoms. The largest absolute Gasteiger partial charge is 0.493 e. The maximum absolute atomic E-state index is 12.9. The molecule has 2 aliphatic rings. The minimum absolute atomic E-state index is 0.112. The van der Waals surface area contributed by atoms with Crippen LogP contribution in [0.15, 0.2) is 29.1 Å². The number of imidazole rings is 1. The lowest BCUT2D eigenvalue weighted by atomic mass is 10.2. The summed E-state index contributed by atoms with van der Waals surface area (Å²) in [4.78, 5) is 37.2. The molecule has 4 rings (SSSR count). The number of non-ortho nitro benzene ring substituents is 1. The quantitative estimate of drug-likeness (QED) is 0.623. The summed E-state index contributed by atoms with van der Waals surface area (Å²) < 4.78 is 8.04. The topological polar surface area (TPSA) is 120 Å². The monoisotopic (exact) mass is 388 g/mol. The molecule has 0 unspecified atom stereocenters. The van der Waals surface area contributed by atoms with Crippen molar-refractivity contribution in [2.75, 3.05) is 6.54 Å². The van der Waals surface area contributed by atoms with Gasteiger partial charge in [-0.3, -0.25) is 19.6 Å². The Morgan fingerprint density at radius 1 is 1.29 bits per heavy atom. The summed E-state index contributed by atoms with van der Waals surface area (Å²) in [5, 5.41) is 21.6. The van der Waals surface area contributed by atoms with E-state index in [9.17, 15) is 24.8 Å². The van der Waals surface area contributed by atoms with Crippen molar-refractivity contribution in [3.05, 3.63) is 50.6 Å². The number of likely N-dealkylation sites (tertiary alicyclic amines) is 1. The molecular formula is C18H20N4O6. The Balaban J connectivity index is 1.72. The number of nitro groups is 1. The van der Waals surface area contributed by atoms with Crippen LogP contribution >= 0.6 is 0 Å². The Morgan fingerprint density at radius 3 is 2.50 bits per heavy atom. The first-order chi connectivity index (χ1) is 13.1. The number of nitrogens with zero attached hydrogens (tertiary/aromatic N) is 4. The molecule has 1 saturated heterocycles. The van der Waals surface area contributed by atoms with Gasteiger partial charge in [0.2, 0.25) is 5.88 Å². The number of benzene rings is 1. The van der Waals surface area contributed by atoms with Crippen molar-refractivity contribution < 1.29 is 19.6 Å². The average molecular weight is 388 g/mol. The summed E-state index contributed by atoms with van der Waals surface area (Å²) in [6.07, 6.45) is 0.0551.